The second-order valence-corrected chi connectivity index (χ2v) is 5.38. The van der Waals surface area contributed by atoms with Crippen molar-refractivity contribution in [1.82, 2.24) is 9.80 Å². The molecule has 88 valence electrons. The van der Waals surface area contributed by atoms with Crippen LogP contribution in [0.3, 0.4) is 0 Å². The van der Waals surface area contributed by atoms with Gasteiger partial charge in [-0.05, 0) is 41.3 Å². The van der Waals surface area contributed by atoms with Gasteiger partial charge in [0.2, 0.25) is 0 Å². The van der Waals surface area contributed by atoms with E-state index in [4.69, 9.17) is 4.74 Å². The molecular weight excluding hydrogens is 192 g/mol. The van der Waals surface area contributed by atoms with Gasteiger partial charge in [0.15, 0.2) is 0 Å². The first-order chi connectivity index (χ1) is 6.79. The molecule has 0 bridgehead atoms. The first-order valence-corrected chi connectivity index (χ1v) is 5.44. The molecule has 0 unspecified atom stereocenters. The lowest BCUT2D eigenvalue weighted by atomic mass is 10.0. The monoisotopic (exact) mass is 214 g/mol. The van der Waals surface area contributed by atoms with Gasteiger partial charge in [-0.1, -0.05) is 0 Å². The SMILES string of the molecule is CN(C)C[C@@H]1CCN1C(=O)OC(C)(C)C. The molecule has 1 fully saturated rings. The van der Waals surface area contributed by atoms with Crippen LogP contribution in [0.5, 0.6) is 0 Å². The van der Waals surface area contributed by atoms with Gasteiger partial charge in [-0.3, -0.25) is 0 Å². The fourth-order valence-corrected chi connectivity index (χ4v) is 1.61. The highest BCUT2D eigenvalue weighted by Crippen LogP contribution is 2.21. The summed E-state index contributed by atoms with van der Waals surface area (Å²) in [6.45, 7) is 7.43. The summed E-state index contributed by atoms with van der Waals surface area (Å²) >= 11 is 0. The Morgan fingerprint density at radius 3 is 2.40 bits per heavy atom. The zero-order valence-electron chi connectivity index (χ0n) is 10.4. The number of carbonyl (C=O) groups excluding carboxylic acids is 1. The molecule has 0 spiro atoms. The summed E-state index contributed by atoms with van der Waals surface area (Å²) in [5, 5.41) is 0. The van der Waals surface area contributed by atoms with Crippen molar-refractivity contribution in [2.45, 2.75) is 38.8 Å². The quantitative estimate of drug-likeness (QED) is 0.699. The van der Waals surface area contributed by atoms with E-state index in [9.17, 15) is 4.79 Å². The minimum absolute atomic E-state index is 0.180. The molecular formula is C11H22N2O2. The smallest absolute Gasteiger partial charge is 0.410 e. The zero-order valence-corrected chi connectivity index (χ0v) is 10.4. The van der Waals surface area contributed by atoms with Crippen molar-refractivity contribution < 1.29 is 9.53 Å². The van der Waals surface area contributed by atoms with Gasteiger partial charge in [-0.15, -0.1) is 0 Å². The number of carbonyl (C=O) groups is 1. The predicted octanol–water partition coefficient (Wildman–Crippen LogP) is 1.56. The van der Waals surface area contributed by atoms with Crippen molar-refractivity contribution in [3.63, 3.8) is 0 Å². The average molecular weight is 214 g/mol. The van der Waals surface area contributed by atoms with Crippen LogP contribution in [0.25, 0.3) is 0 Å². The number of hydrogen-bond donors (Lipinski definition) is 0. The van der Waals surface area contributed by atoms with Gasteiger partial charge in [0.25, 0.3) is 0 Å². The van der Waals surface area contributed by atoms with E-state index < -0.39 is 5.60 Å². The summed E-state index contributed by atoms with van der Waals surface area (Å²) in [7, 11) is 4.04. The number of ether oxygens (including phenoxy) is 1. The Morgan fingerprint density at radius 1 is 1.47 bits per heavy atom. The molecule has 0 N–H and O–H groups in total. The number of rotatable bonds is 2. The summed E-state index contributed by atoms with van der Waals surface area (Å²) in [5.74, 6) is 0. The molecule has 4 nitrogen and oxygen atoms in total. The van der Waals surface area contributed by atoms with Crippen LogP contribution in [0.15, 0.2) is 0 Å². The van der Waals surface area contributed by atoms with Crippen molar-refractivity contribution >= 4 is 6.09 Å². The minimum atomic E-state index is -0.394. The normalized spacial score (nSPS) is 21.5. The lowest BCUT2D eigenvalue weighted by Crippen LogP contribution is -2.56. The Morgan fingerprint density at radius 2 is 2.07 bits per heavy atom. The summed E-state index contributed by atoms with van der Waals surface area (Å²) in [4.78, 5) is 15.6. The van der Waals surface area contributed by atoms with Crippen LogP contribution in [0, 0.1) is 0 Å². The largest absolute Gasteiger partial charge is 0.444 e. The maximum absolute atomic E-state index is 11.7. The molecule has 1 saturated heterocycles. The lowest BCUT2D eigenvalue weighted by Gasteiger charge is -2.42. The highest BCUT2D eigenvalue weighted by atomic mass is 16.6. The predicted molar refractivity (Wildman–Crippen MR) is 59.9 cm³/mol. The van der Waals surface area contributed by atoms with E-state index in [0.717, 1.165) is 19.5 Å². The topological polar surface area (TPSA) is 32.8 Å². The molecule has 0 radical (unpaired) electrons. The second-order valence-electron chi connectivity index (χ2n) is 5.38. The van der Waals surface area contributed by atoms with E-state index in [1.54, 1.807) is 0 Å². The Kier molecular flexibility index (Phi) is 3.60. The fourth-order valence-electron chi connectivity index (χ4n) is 1.61. The molecule has 0 aromatic rings. The van der Waals surface area contributed by atoms with Crippen LogP contribution in [0.4, 0.5) is 4.79 Å². The van der Waals surface area contributed by atoms with Crippen molar-refractivity contribution in [1.29, 1.82) is 0 Å². The second kappa shape index (κ2) is 4.39. The van der Waals surface area contributed by atoms with Crippen molar-refractivity contribution in [2.24, 2.45) is 0 Å². The Balaban J connectivity index is 2.41. The number of likely N-dealkylation sites (N-methyl/N-ethyl adjacent to an activating group) is 1. The van der Waals surface area contributed by atoms with Crippen LogP contribution in [0.1, 0.15) is 27.2 Å². The highest BCUT2D eigenvalue weighted by Gasteiger charge is 2.35. The third-order valence-corrected chi connectivity index (χ3v) is 2.35. The molecule has 0 aromatic heterocycles. The molecule has 1 rings (SSSR count). The molecule has 0 aromatic carbocycles. The van der Waals surface area contributed by atoms with Crippen LogP contribution >= 0.6 is 0 Å². The maximum atomic E-state index is 11.7. The molecule has 1 heterocycles. The summed E-state index contributed by atoms with van der Waals surface area (Å²) < 4.78 is 5.32. The van der Waals surface area contributed by atoms with Gasteiger partial charge in [0, 0.05) is 19.1 Å². The highest BCUT2D eigenvalue weighted by molar-refractivity contribution is 5.69. The van der Waals surface area contributed by atoms with Gasteiger partial charge in [-0.25, -0.2) is 4.79 Å². The third-order valence-electron chi connectivity index (χ3n) is 2.35. The molecule has 0 aliphatic carbocycles. The van der Waals surface area contributed by atoms with Gasteiger partial charge in [0.05, 0.1) is 0 Å². The Hall–Kier alpha value is -0.770. The van der Waals surface area contributed by atoms with E-state index in [-0.39, 0.29) is 6.09 Å². The van der Waals surface area contributed by atoms with Gasteiger partial charge in [-0.2, -0.15) is 0 Å². The lowest BCUT2D eigenvalue weighted by molar-refractivity contribution is -0.00930. The van der Waals surface area contributed by atoms with Gasteiger partial charge < -0.3 is 14.5 Å². The van der Waals surface area contributed by atoms with E-state index in [1.165, 1.54) is 0 Å². The zero-order chi connectivity index (χ0) is 11.6. The molecule has 15 heavy (non-hydrogen) atoms. The summed E-state index contributed by atoms with van der Waals surface area (Å²) in [6, 6.07) is 0.329. The van der Waals surface area contributed by atoms with Crippen molar-refractivity contribution in [2.75, 3.05) is 27.2 Å². The van der Waals surface area contributed by atoms with Crippen LogP contribution in [-0.2, 0) is 4.74 Å². The number of nitrogens with zero attached hydrogens (tertiary/aromatic N) is 2. The van der Waals surface area contributed by atoms with E-state index >= 15 is 0 Å². The summed E-state index contributed by atoms with van der Waals surface area (Å²) in [6.07, 6.45) is 0.901. The fraction of sp³-hybridized carbons (Fsp3) is 0.909. The number of hydrogen-bond acceptors (Lipinski definition) is 3. The number of amides is 1. The first-order valence-electron chi connectivity index (χ1n) is 5.44. The summed E-state index contributed by atoms with van der Waals surface area (Å²) in [5.41, 5.74) is -0.394. The maximum Gasteiger partial charge on any atom is 0.410 e. The first kappa shape index (κ1) is 12.3. The number of likely N-dealkylation sites (tertiary alicyclic amines) is 1. The van der Waals surface area contributed by atoms with Crippen LogP contribution in [-0.4, -0.2) is 54.7 Å². The molecule has 1 aliphatic heterocycles. The minimum Gasteiger partial charge on any atom is -0.444 e. The van der Waals surface area contributed by atoms with E-state index in [1.807, 2.05) is 39.8 Å². The molecule has 1 atom stereocenters. The molecule has 0 saturated carbocycles. The van der Waals surface area contributed by atoms with Crippen LogP contribution < -0.4 is 0 Å². The van der Waals surface area contributed by atoms with Crippen LogP contribution in [0.2, 0.25) is 0 Å². The van der Waals surface area contributed by atoms with E-state index in [2.05, 4.69) is 4.90 Å². The van der Waals surface area contributed by atoms with Gasteiger partial charge >= 0.3 is 6.09 Å². The van der Waals surface area contributed by atoms with E-state index in [0.29, 0.717) is 6.04 Å². The standard InChI is InChI=1S/C11H22N2O2/c1-11(2,3)15-10(14)13-7-6-9(13)8-12(4)5/h9H,6-8H2,1-5H3/t9-/m0/s1. The Labute approximate surface area is 92.2 Å². The van der Waals surface area contributed by atoms with Gasteiger partial charge in [0.1, 0.15) is 5.60 Å². The third kappa shape index (κ3) is 3.70. The molecule has 1 aliphatic rings. The average Bonchev–Trinajstić information content (AvgIpc) is 1.93. The molecule has 4 heteroatoms. The Bertz CT molecular complexity index is 233. The molecule has 1 amide bonds. The van der Waals surface area contributed by atoms with Crippen molar-refractivity contribution in [3.05, 3.63) is 0 Å². The van der Waals surface area contributed by atoms with Crippen molar-refractivity contribution in [3.8, 4) is 0 Å².